The molecule has 0 spiro atoms. The van der Waals surface area contributed by atoms with E-state index in [2.05, 4.69) is 38.6 Å². The van der Waals surface area contributed by atoms with E-state index in [0.29, 0.717) is 25.4 Å². The van der Waals surface area contributed by atoms with E-state index in [-0.39, 0.29) is 5.91 Å². The molecule has 148 valence electrons. The zero-order valence-corrected chi connectivity index (χ0v) is 16.6. The summed E-state index contributed by atoms with van der Waals surface area (Å²) in [5, 5.41) is 7.63. The smallest absolute Gasteiger partial charge is 0.220 e. The SMILES string of the molecule is Cc1ccc(-c2c(-c3ccncc3)cnn2CCNC(=O)C[C@@H]2C=CCC2)cn1. The molecule has 0 saturated carbocycles. The molecule has 29 heavy (non-hydrogen) atoms. The third-order valence-corrected chi connectivity index (χ3v) is 5.22. The summed E-state index contributed by atoms with van der Waals surface area (Å²) in [4.78, 5) is 20.8. The Morgan fingerprint density at radius 1 is 1.17 bits per heavy atom. The molecule has 0 unspecified atom stereocenters. The Hall–Kier alpha value is -3.28. The van der Waals surface area contributed by atoms with Crippen LogP contribution in [0.5, 0.6) is 0 Å². The Bertz CT molecular complexity index is 992. The van der Waals surface area contributed by atoms with E-state index in [1.807, 2.05) is 42.2 Å². The number of nitrogens with one attached hydrogen (secondary N) is 1. The van der Waals surface area contributed by atoms with E-state index in [4.69, 9.17) is 0 Å². The summed E-state index contributed by atoms with van der Waals surface area (Å²) in [7, 11) is 0. The fraction of sp³-hybridized carbons (Fsp3) is 0.304. The molecule has 0 radical (unpaired) electrons. The molecule has 1 amide bonds. The molecule has 3 heterocycles. The molecule has 0 fully saturated rings. The number of rotatable bonds is 7. The van der Waals surface area contributed by atoms with Gasteiger partial charge in [-0.15, -0.1) is 0 Å². The summed E-state index contributed by atoms with van der Waals surface area (Å²) >= 11 is 0. The second-order valence-electron chi connectivity index (χ2n) is 7.37. The van der Waals surface area contributed by atoms with Crippen molar-refractivity contribution in [3.63, 3.8) is 0 Å². The van der Waals surface area contributed by atoms with Gasteiger partial charge in [0.05, 0.1) is 18.4 Å². The molecule has 3 aromatic rings. The molecule has 1 aliphatic rings. The molecular weight excluding hydrogens is 362 g/mol. The van der Waals surface area contributed by atoms with Gasteiger partial charge < -0.3 is 5.32 Å². The number of pyridine rings is 2. The molecular formula is C23H25N5O. The highest BCUT2D eigenvalue weighted by Crippen LogP contribution is 2.31. The standard InChI is InChI=1S/C23H25N5O/c1-17-6-7-20(15-26-17)23-21(19-8-10-24-11-9-19)16-27-28(23)13-12-25-22(29)14-18-4-2-3-5-18/h2,4,6-11,15-16,18H,3,5,12-14H2,1H3,(H,25,29)/t18-/m1/s1. The second-order valence-corrected chi connectivity index (χ2v) is 7.37. The van der Waals surface area contributed by atoms with Crippen molar-refractivity contribution in [2.45, 2.75) is 32.7 Å². The van der Waals surface area contributed by atoms with Crippen LogP contribution in [-0.4, -0.2) is 32.2 Å². The van der Waals surface area contributed by atoms with Crippen LogP contribution in [0.2, 0.25) is 0 Å². The number of aryl methyl sites for hydroxylation is 1. The van der Waals surface area contributed by atoms with Crippen LogP contribution in [0.4, 0.5) is 0 Å². The normalized spacial score (nSPS) is 15.6. The van der Waals surface area contributed by atoms with Crippen molar-refractivity contribution in [3.8, 4) is 22.4 Å². The average molecular weight is 387 g/mol. The van der Waals surface area contributed by atoms with Gasteiger partial charge in [0, 0.05) is 48.4 Å². The van der Waals surface area contributed by atoms with E-state index in [1.165, 1.54) is 0 Å². The van der Waals surface area contributed by atoms with Gasteiger partial charge >= 0.3 is 0 Å². The van der Waals surface area contributed by atoms with E-state index in [0.717, 1.165) is 40.9 Å². The minimum atomic E-state index is 0.0987. The van der Waals surface area contributed by atoms with Crippen LogP contribution in [0.3, 0.4) is 0 Å². The Morgan fingerprint density at radius 3 is 2.76 bits per heavy atom. The van der Waals surface area contributed by atoms with E-state index in [9.17, 15) is 4.79 Å². The van der Waals surface area contributed by atoms with Crippen LogP contribution < -0.4 is 5.32 Å². The van der Waals surface area contributed by atoms with E-state index < -0.39 is 0 Å². The number of carbonyl (C=O) groups excluding carboxylic acids is 1. The first-order valence-corrected chi connectivity index (χ1v) is 10.0. The second kappa shape index (κ2) is 8.82. The van der Waals surface area contributed by atoms with Gasteiger partial charge in [0.25, 0.3) is 0 Å². The van der Waals surface area contributed by atoms with Crippen molar-refractivity contribution >= 4 is 5.91 Å². The predicted octanol–water partition coefficient (Wildman–Crippen LogP) is 3.79. The van der Waals surface area contributed by atoms with Crippen LogP contribution >= 0.6 is 0 Å². The van der Waals surface area contributed by atoms with Crippen molar-refractivity contribution in [1.29, 1.82) is 0 Å². The third kappa shape index (κ3) is 4.59. The lowest BCUT2D eigenvalue weighted by atomic mass is 10.0. The molecule has 6 nitrogen and oxygen atoms in total. The van der Waals surface area contributed by atoms with Crippen LogP contribution in [0.25, 0.3) is 22.4 Å². The number of aromatic nitrogens is 4. The summed E-state index contributed by atoms with van der Waals surface area (Å²) < 4.78 is 1.94. The predicted molar refractivity (Wildman–Crippen MR) is 113 cm³/mol. The fourth-order valence-electron chi connectivity index (χ4n) is 3.69. The Labute approximate surface area is 170 Å². The minimum Gasteiger partial charge on any atom is -0.354 e. The molecule has 6 heteroatoms. The number of carbonyl (C=O) groups is 1. The lowest BCUT2D eigenvalue weighted by molar-refractivity contribution is -0.121. The van der Waals surface area contributed by atoms with Crippen LogP contribution in [0, 0.1) is 12.8 Å². The Balaban J connectivity index is 1.52. The van der Waals surface area contributed by atoms with Gasteiger partial charge in [-0.05, 0) is 55.5 Å². The lowest BCUT2D eigenvalue weighted by Gasteiger charge is -2.12. The van der Waals surface area contributed by atoms with Crippen LogP contribution in [0.1, 0.15) is 25.0 Å². The van der Waals surface area contributed by atoms with Crippen molar-refractivity contribution in [2.24, 2.45) is 5.92 Å². The van der Waals surface area contributed by atoms with E-state index in [1.54, 1.807) is 12.4 Å². The average Bonchev–Trinajstić information content (AvgIpc) is 3.39. The van der Waals surface area contributed by atoms with Crippen molar-refractivity contribution in [1.82, 2.24) is 25.1 Å². The maximum Gasteiger partial charge on any atom is 0.220 e. The minimum absolute atomic E-state index is 0.0987. The maximum absolute atomic E-state index is 12.2. The molecule has 1 aliphatic carbocycles. The summed E-state index contributed by atoms with van der Waals surface area (Å²) in [6.45, 7) is 3.11. The lowest BCUT2D eigenvalue weighted by Crippen LogP contribution is -2.28. The van der Waals surface area contributed by atoms with Gasteiger partial charge in [-0.3, -0.25) is 19.4 Å². The summed E-state index contributed by atoms with van der Waals surface area (Å²) in [6.07, 6.45) is 14.3. The highest BCUT2D eigenvalue weighted by atomic mass is 16.1. The summed E-state index contributed by atoms with van der Waals surface area (Å²) in [5.74, 6) is 0.480. The van der Waals surface area contributed by atoms with Crippen LogP contribution in [-0.2, 0) is 11.3 Å². The fourth-order valence-corrected chi connectivity index (χ4v) is 3.69. The molecule has 0 saturated heterocycles. The van der Waals surface area contributed by atoms with Crippen molar-refractivity contribution in [2.75, 3.05) is 6.54 Å². The molecule has 1 atom stereocenters. The molecule has 4 rings (SSSR count). The first-order chi connectivity index (χ1) is 14.2. The summed E-state index contributed by atoms with van der Waals surface area (Å²) in [6, 6.07) is 8.01. The largest absolute Gasteiger partial charge is 0.354 e. The van der Waals surface area contributed by atoms with Gasteiger partial charge in [-0.2, -0.15) is 5.10 Å². The first kappa shape index (κ1) is 19.1. The van der Waals surface area contributed by atoms with E-state index >= 15 is 0 Å². The van der Waals surface area contributed by atoms with Crippen molar-refractivity contribution in [3.05, 3.63) is 66.9 Å². The van der Waals surface area contributed by atoms with Gasteiger partial charge in [0.1, 0.15) is 0 Å². The zero-order valence-electron chi connectivity index (χ0n) is 16.6. The zero-order chi connectivity index (χ0) is 20.1. The van der Waals surface area contributed by atoms with Gasteiger partial charge in [-0.1, -0.05) is 12.2 Å². The van der Waals surface area contributed by atoms with Crippen LogP contribution in [0.15, 0.2) is 61.2 Å². The molecule has 0 aliphatic heterocycles. The number of allylic oxidation sites excluding steroid dienone is 2. The Kier molecular flexibility index (Phi) is 5.79. The van der Waals surface area contributed by atoms with Gasteiger partial charge in [0.15, 0.2) is 0 Å². The summed E-state index contributed by atoms with van der Waals surface area (Å²) in [5.41, 5.74) is 5.05. The van der Waals surface area contributed by atoms with Gasteiger partial charge in [-0.25, -0.2) is 0 Å². The highest BCUT2D eigenvalue weighted by molar-refractivity contribution is 5.80. The molecule has 1 N–H and O–H groups in total. The Morgan fingerprint density at radius 2 is 2.03 bits per heavy atom. The number of amides is 1. The highest BCUT2D eigenvalue weighted by Gasteiger charge is 2.16. The first-order valence-electron chi connectivity index (χ1n) is 10.0. The maximum atomic E-state index is 12.2. The third-order valence-electron chi connectivity index (χ3n) is 5.22. The van der Waals surface area contributed by atoms with Crippen molar-refractivity contribution < 1.29 is 4.79 Å². The molecule has 0 bridgehead atoms. The monoisotopic (exact) mass is 387 g/mol. The molecule has 3 aromatic heterocycles. The number of nitrogens with zero attached hydrogens (tertiary/aromatic N) is 4. The molecule has 0 aromatic carbocycles. The van der Waals surface area contributed by atoms with Gasteiger partial charge in [0.2, 0.25) is 5.91 Å². The topological polar surface area (TPSA) is 72.7 Å². The number of hydrogen-bond donors (Lipinski definition) is 1. The number of hydrogen-bond acceptors (Lipinski definition) is 4. The quantitative estimate of drug-likeness (QED) is 0.626.